The summed E-state index contributed by atoms with van der Waals surface area (Å²) in [6, 6.07) is 9.57. The van der Waals surface area contributed by atoms with Crippen LogP contribution in [0.2, 0.25) is 0 Å². The fraction of sp³-hybridized carbons (Fsp3) is 0.400. The van der Waals surface area contributed by atoms with Crippen LogP contribution in [-0.2, 0) is 19.5 Å². The van der Waals surface area contributed by atoms with Gasteiger partial charge in [-0.25, -0.2) is 0 Å². The Bertz CT molecular complexity index is 621. The molecule has 0 unspecified atom stereocenters. The van der Waals surface area contributed by atoms with Gasteiger partial charge < -0.3 is 9.88 Å². The third kappa shape index (κ3) is 2.64. The van der Waals surface area contributed by atoms with Gasteiger partial charge in [0.05, 0.1) is 18.2 Å². The summed E-state index contributed by atoms with van der Waals surface area (Å²) in [5, 5.41) is 20.7. The minimum Gasteiger partial charge on any atom is -0.378 e. The lowest BCUT2D eigenvalue weighted by atomic mass is 10.2. The molecule has 0 saturated carbocycles. The van der Waals surface area contributed by atoms with Crippen molar-refractivity contribution >= 4 is 5.69 Å². The third-order valence-corrected chi connectivity index (χ3v) is 3.65. The van der Waals surface area contributed by atoms with Crippen LogP contribution in [-0.4, -0.2) is 14.8 Å². The molecule has 0 bridgehead atoms. The van der Waals surface area contributed by atoms with Crippen molar-refractivity contribution in [3.05, 3.63) is 41.5 Å². The highest BCUT2D eigenvalue weighted by Gasteiger charge is 2.14. The minimum absolute atomic E-state index is 0.666. The molecule has 0 amide bonds. The fourth-order valence-electron chi connectivity index (χ4n) is 2.52. The zero-order chi connectivity index (χ0) is 13.8. The summed E-state index contributed by atoms with van der Waals surface area (Å²) in [6.07, 6.45) is 4.71. The third-order valence-electron chi connectivity index (χ3n) is 3.65. The summed E-state index contributed by atoms with van der Waals surface area (Å²) < 4.78 is 2.24. The second kappa shape index (κ2) is 5.74. The average Bonchev–Trinajstić information content (AvgIpc) is 2.72. The molecule has 0 saturated heterocycles. The highest BCUT2D eigenvalue weighted by molar-refractivity contribution is 5.47. The standard InChI is InChI=1S/C15H17N5/c16-10-12-5-7-13(8-6-12)17-11-15-19-18-14-4-2-1-3-9-20(14)15/h5-8,17H,1-4,9,11H2. The van der Waals surface area contributed by atoms with Gasteiger partial charge in [0.1, 0.15) is 5.82 Å². The second-order valence-electron chi connectivity index (χ2n) is 5.04. The van der Waals surface area contributed by atoms with Crippen molar-refractivity contribution in [2.24, 2.45) is 0 Å². The molecule has 2 aromatic rings. The summed E-state index contributed by atoms with van der Waals surface area (Å²) in [6.45, 7) is 1.69. The van der Waals surface area contributed by atoms with E-state index in [-0.39, 0.29) is 0 Å². The van der Waals surface area contributed by atoms with Gasteiger partial charge in [-0.3, -0.25) is 0 Å². The first-order chi connectivity index (χ1) is 9.86. The molecule has 0 radical (unpaired) electrons. The molecule has 3 rings (SSSR count). The van der Waals surface area contributed by atoms with Crippen LogP contribution in [0.1, 0.15) is 36.5 Å². The monoisotopic (exact) mass is 267 g/mol. The Hall–Kier alpha value is -2.35. The number of nitriles is 1. The van der Waals surface area contributed by atoms with Gasteiger partial charge in [-0.05, 0) is 37.1 Å². The molecular weight excluding hydrogens is 250 g/mol. The molecule has 1 aliphatic heterocycles. The molecular formula is C15H17N5. The first-order valence-corrected chi connectivity index (χ1v) is 7.02. The largest absolute Gasteiger partial charge is 0.378 e. The summed E-state index contributed by atoms with van der Waals surface area (Å²) in [5.74, 6) is 2.10. The minimum atomic E-state index is 0.666. The van der Waals surface area contributed by atoms with Crippen molar-refractivity contribution in [2.75, 3.05) is 5.32 Å². The van der Waals surface area contributed by atoms with E-state index in [0.29, 0.717) is 12.1 Å². The lowest BCUT2D eigenvalue weighted by molar-refractivity contribution is 0.610. The van der Waals surface area contributed by atoms with E-state index >= 15 is 0 Å². The highest BCUT2D eigenvalue weighted by atomic mass is 15.3. The first-order valence-electron chi connectivity index (χ1n) is 7.02. The van der Waals surface area contributed by atoms with E-state index in [2.05, 4.69) is 26.2 Å². The Kier molecular flexibility index (Phi) is 3.64. The molecule has 2 heterocycles. The normalized spacial score (nSPS) is 14.2. The number of anilines is 1. The van der Waals surface area contributed by atoms with Crippen molar-refractivity contribution in [3.8, 4) is 6.07 Å². The second-order valence-corrected chi connectivity index (χ2v) is 5.04. The smallest absolute Gasteiger partial charge is 0.152 e. The summed E-state index contributed by atoms with van der Waals surface area (Å²) in [4.78, 5) is 0. The van der Waals surface area contributed by atoms with Gasteiger partial charge in [-0.1, -0.05) is 6.42 Å². The molecule has 1 aromatic carbocycles. The van der Waals surface area contributed by atoms with Crippen LogP contribution in [0.15, 0.2) is 24.3 Å². The summed E-state index contributed by atoms with van der Waals surface area (Å²) >= 11 is 0. The van der Waals surface area contributed by atoms with Crippen LogP contribution in [0.4, 0.5) is 5.69 Å². The fourth-order valence-corrected chi connectivity index (χ4v) is 2.52. The van der Waals surface area contributed by atoms with E-state index in [1.54, 1.807) is 0 Å². The Morgan fingerprint density at radius 2 is 2.00 bits per heavy atom. The van der Waals surface area contributed by atoms with E-state index in [9.17, 15) is 0 Å². The van der Waals surface area contributed by atoms with Gasteiger partial charge in [0.25, 0.3) is 0 Å². The van der Waals surface area contributed by atoms with Crippen molar-refractivity contribution < 1.29 is 0 Å². The Labute approximate surface area is 118 Å². The molecule has 1 aromatic heterocycles. The predicted octanol–water partition coefficient (Wildman–Crippen LogP) is 2.49. The highest BCUT2D eigenvalue weighted by Crippen LogP contribution is 2.16. The van der Waals surface area contributed by atoms with E-state index in [4.69, 9.17) is 5.26 Å². The number of nitrogens with one attached hydrogen (secondary N) is 1. The van der Waals surface area contributed by atoms with E-state index < -0.39 is 0 Å². The number of benzene rings is 1. The molecule has 0 fully saturated rings. The van der Waals surface area contributed by atoms with Gasteiger partial charge in [0.2, 0.25) is 0 Å². The van der Waals surface area contributed by atoms with Gasteiger partial charge in [-0.2, -0.15) is 5.26 Å². The van der Waals surface area contributed by atoms with Crippen LogP contribution in [0.5, 0.6) is 0 Å². The van der Waals surface area contributed by atoms with Gasteiger partial charge in [-0.15, -0.1) is 10.2 Å². The number of aromatic nitrogens is 3. The quantitative estimate of drug-likeness (QED) is 0.927. The molecule has 5 heteroatoms. The topological polar surface area (TPSA) is 66.5 Å². The predicted molar refractivity (Wildman–Crippen MR) is 76.1 cm³/mol. The number of aryl methyl sites for hydroxylation is 1. The average molecular weight is 267 g/mol. The van der Waals surface area contributed by atoms with Crippen molar-refractivity contribution in [1.29, 1.82) is 5.26 Å². The van der Waals surface area contributed by atoms with Gasteiger partial charge in [0, 0.05) is 18.7 Å². The lowest BCUT2D eigenvalue weighted by Gasteiger charge is -2.09. The molecule has 0 atom stereocenters. The summed E-state index contributed by atoms with van der Waals surface area (Å²) in [5.41, 5.74) is 1.67. The maximum absolute atomic E-state index is 8.78. The molecule has 20 heavy (non-hydrogen) atoms. The Balaban J connectivity index is 1.69. The van der Waals surface area contributed by atoms with Crippen LogP contribution in [0.3, 0.4) is 0 Å². The Morgan fingerprint density at radius 1 is 1.15 bits per heavy atom. The van der Waals surface area contributed by atoms with Crippen LogP contribution < -0.4 is 5.32 Å². The zero-order valence-electron chi connectivity index (χ0n) is 11.3. The lowest BCUT2D eigenvalue weighted by Crippen LogP contribution is -2.10. The maximum atomic E-state index is 8.78. The number of nitrogens with zero attached hydrogens (tertiary/aromatic N) is 4. The number of hydrogen-bond acceptors (Lipinski definition) is 4. The van der Waals surface area contributed by atoms with Crippen LogP contribution in [0.25, 0.3) is 0 Å². The van der Waals surface area contributed by atoms with E-state index in [0.717, 1.165) is 30.3 Å². The number of hydrogen-bond donors (Lipinski definition) is 1. The molecule has 0 spiro atoms. The van der Waals surface area contributed by atoms with Crippen molar-refractivity contribution in [2.45, 2.75) is 38.8 Å². The van der Waals surface area contributed by atoms with Crippen molar-refractivity contribution in [3.63, 3.8) is 0 Å². The number of rotatable bonds is 3. The van der Waals surface area contributed by atoms with E-state index in [1.165, 1.54) is 19.3 Å². The summed E-state index contributed by atoms with van der Waals surface area (Å²) in [7, 11) is 0. The SMILES string of the molecule is N#Cc1ccc(NCc2nnc3n2CCCCC3)cc1. The van der Waals surface area contributed by atoms with Gasteiger partial charge in [0.15, 0.2) is 5.82 Å². The molecule has 1 aliphatic rings. The first kappa shape index (κ1) is 12.7. The Morgan fingerprint density at radius 3 is 2.80 bits per heavy atom. The maximum Gasteiger partial charge on any atom is 0.152 e. The zero-order valence-corrected chi connectivity index (χ0v) is 11.3. The van der Waals surface area contributed by atoms with E-state index in [1.807, 2.05) is 24.3 Å². The van der Waals surface area contributed by atoms with Gasteiger partial charge >= 0.3 is 0 Å². The molecule has 5 nitrogen and oxygen atoms in total. The van der Waals surface area contributed by atoms with Crippen LogP contribution in [0, 0.1) is 11.3 Å². The van der Waals surface area contributed by atoms with Crippen LogP contribution >= 0.6 is 0 Å². The molecule has 0 aliphatic carbocycles. The number of fused-ring (bicyclic) bond motifs is 1. The molecule has 102 valence electrons. The molecule has 1 N–H and O–H groups in total. The van der Waals surface area contributed by atoms with Crippen molar-refractivity contribution in [1.82, 2.24) is 14.8 Å².